The maximum Gasteiger partial charge on any atom is 0.0951 e. The normalized spacial score (nSPS) is 17.7. The Bertz CT molecular complexity index is 258. The van der Waals surface area contributed by atoms with Crippen molar-refractivity contribution in [2.75, 3.05) is 6.61 Å². The summed E-state index contributed by atoms with van der Waals surface area (Å²) in [5.74, 6) is 0. The van der Waals surface area contributed by atoms with Gasteiger partial charge in [-0.2, -0.15) is 0 Å². The van der Waals surface area contributed by atoms with Crippen molar-refractivity contribution in [3.8, 4) is 0 Å². The van der Waals surface area contributed by atoms with E-state index in [2.05, 4.69) is 6.92 Å². The van der Waals surface area contributed by atoms with Gasteiger partial charge >= 0.3 is 0 Å². The second-order valence-corrected chi connectivity index (χ2v) is 3.63. The van der Waals surface area contributed by atoms with Gasteiger partial charge in [0.2, 0.25) is 0 Å². The quantitative estimate of drug-likeness (QED) is 0.788. The van der Waals surface area contributed by atoms with Crippen molar-refractivity contribution >= 4 is 0 Å². The van der Waals surface area contributed by atoms with Crippen LogP contribution in [0.25, 0.3) is 0 Å². The maximum absolute atomic E-state index is 6.13. The summed E-state index contributed by atoms with van der Waals surface area (Å²) < 4.78 is 10.7. The number of hydrogen-bond acceptors (Lipinski definition) is 3. The first-order valence-corrected chi connectivity index (χ1v) is 5.05. The molecule has 0 bridgehead atoms. The van der Waals surface area contributed by atoms with E-state index in [9.17, 15) is 0 Å². The molecule has 2 unspecified atom stereocenters. The highest BCUT2D eigenvalue weighted by molar-refractivity contribution is 5.15. The van der Waals surface area contributed by atoms with E-state index >= 15 is 0 Å². The number of rotatable bonds is 5. The zero-order chi connectivity index (χ0) is 10.6. The smallest absolute Gasteiger partial charge is 0.0951 e. The van der Waals surface area contributed by atoms with Gasteiger partial charge in [-0.15, -0.1) is 0 Å². The first-order valence-electron chi connectivity index (χ1n) is 5.05. The minimum Gasteiger partial charge on any atom is -0.472 e. The summed E-state index contributed by atoms with van der Waals surface area (Å²) in [6.45, 7) is 6.77. The Morgan fingerprint density at radius 3 is 2.71 bits per heavy atom. The third-order valence-electron chi connectivity index (χ3n) is 2.74. The van der Waals surface area contributed by atoms with Gasteiger partial charge in [0.15, 0.2) is 0 Å². The number of ether oxygens (including phenoxy) is 1. The van der Waals surface area contributed by atoms with Crippen LogP contribution in [0.2, 0.25) is 0 Å². The van der Waals surface area contributed by atoms with Crippen LogP contribution in [0.5, 0.6) is 0 Å². The molecule has 1 aromatic rings. The summed E-state index contributed by atoms with van der Waals surface area (Å²) in [6.07, 6.45) is 4.20. The van der Waals surface area contributed by atoms with Crippen LogP contribution in [0.15, 0.2) is 23.0 Å². The van der Waals surface area contributed by atoms with Gasteiger partial charge in [0.05, 0.1) is 24.2 Å². The summed E-state index contributed by atoms with van der Waals surface area (Å²) >= 11 is 0. The van der Waals surface area contributed by atoms with Crippen LogP contribution in [-0.2, 0) is 4.74 Å². The van der Waals surface area contributed by atoms with Crippen LogP contribution in [-0.4, -0.2) is 12.2 Å². The Morgan fingerprint density at radius 2 is 2.29 bits per heavy atom. The largest absolute Gasteiger partial charge is 0.472 e. The fourth-order valence-electron chi connectivity index (χ4n) is 1.55. The van der Waals surface area contributed by atoms with Crippen molar-refractivity contribution in [3.05, 3.63) is 24.2 Å². The molecular formula is C11H19NO2. The van der Waals surface area contributed by atoms with E-state index < -0.39 is 0 Å². The summed E-state index contributed by atoms with van der Waals surface area (Å²) in [7, 11) is 0. The molecule has 1 rings (SSSR count). The monoisotopic (exact) mass is 197 g/mol. The maximum atomic E-state index is 6.13. The van der Waals surface area contributed by atoms with E-state index in [0.29, 0.717) is 6.61 Å². The van der Waals surface area contributed by atoms with Gasteiger partial charge in [0.25, 0.3) is 0 Å². The fraction of sp³-hybridized carbons (Fsp3) is 0.636. The lowest BCUT2D eigenvalue weighted by Crippen LogP contribution is -2.40. The van der Waals surface area contributed by atoms with Crippen LogP contribution < -0.4 is 5.73 Å². The minimum absolute atomic E-state index is 0.133. The van der Waals surface area contributed by atoms with E-state index in [4.69, 9.17) is 14.9 Å². The average Bonchev–Trinajstić information content (AvgIpc) is 2.69. The lowest BCUT2D eigenvalue weighted by molar-refractivity contribution is -0.0473. The van der Waals surface area contributed by atoms with Gasteiger partial charge in [0.1, 0.15) is 0 Å². The van der Waals surface area contributed by atoms with Crippen LogP contribution in [0.3, 0.4) is 0 Å². The molecule has 3 nitrogen and oxygen atoms in total. The molecule has 0 aliphatic rings. The van der Waals surface area contributed by atoms with Crippen molar-refractivity contribution in [2.24, 2.45) is 5.73 Å². The molecule has 2 N–H and O–H groups in total. The molecule has 1 heterocycles. The van der Waals surface area contributed by atoms with Gasteiger partial charge in [-0.25, -0.2) is 0 Å². The molecule has 80 valence electrons. The molecule has 0 saturated carbocycles. The van der Waals surface area contributed by atoms with Gasteiger partial charge in [-0.1, -0.05) is 6.92 Å². The summed E-state index contributed by atoms with van der Waals surface area (Å²) in [5.41, 5.74) is 6.81. The van der Waals surface area contributed by atoms with E-state index in [1.165, 1.54) is 0 Å². The van der Waals surface area contributed by atoms with Gasteiger partial charge in [-0.05, 0) is 26.3 Å². The summed E-state index contributed by atoms with van der Waals surface area (Å²) in [6, 6.07) is 1.75. The van der Waals surface area contributed by atoms with Crippen LogP contribution in [0.1, 0.15) is 38.8 Å². The fourth-order valence-corrected chi connectivity index (χ4v) is 1.55. The highest BCUT2D eigenvalue weighted by Crippen LogP contribution is 2.30. The molecule has 0 aliphatic carbocycles. The minimum atomic E-state index is -0.307. The molecule has 2 atom stereocenters. The Hall–Kier alpha value is -0.800. The topological polar surface area (TPSA) is 48.4 Å². The molecule has 0 amide bonds. The molecule has 1 aromatic heterocycles. The van der Waals surface area contributed by atoms with Crippen LogP contribution in [0.4, 0.5) is 0 Å². The molecule has 0 saturated heterocycles. The SMILES string of the molecule is CCOC(C)(CC)C(N)c1ccoc1. The van der Waals surface area contributed by atoms with Crippen LogP contribution >= 0.6 is 0 Å². The van der Waals surface area contributed by atoms with Gasteiger partial charge in [-0.3, -0.25) is 0 Å². The molecule has 0 spiro atoms. The lowest BCUT2D eigenvalue weighted by Gasteiger charge is -2.33. The zero-order valence-electron chi connectivity index (χ0n) is 9.12. The molecule has 14 heavy (non-hydrogen) atoms. The van der Waals surface area contributed by atoms with Crippen molar-refractivity contribution in [3.63, 3.8) is 0 Å². The predicted octanol–water partition coefficient (Wildman–Crippen LogP) is 2.48. The summed E-state index contributed by atoms with van der Waals surface area (Å²) in [5, 5.41) is 0. The number of hydrogen-bond donors (Lipinski definition) is 1. The Morgan fingerprint density at radius 1 is 1.57 bits per heavy atom. The standard InChI is InChI=1S/C11H19NO2/c1-4-11(3,14-5-2)10(12)9-6-7-13-8-9/h6-8,10H,4-5,12H2,1-3H3. The third kappa shape index (κ3) is 2.16. The first-order chi connectivity index (χ1) is 6.64. The average molecular weight is 197 g/mol. The highest BCUT2D eigenvalue weighted by Gasteiger charge is 2.32. The van der Waals surface area contributed by atoms with Crippen molar-refractivity contribution < 1.29 is 9.15 Å². The van der Waals surface area contributed by atoms with E-state index in [-0.39, 0.29) is 11.6 Å². The van der Waals surface area contributed by atoms with Gasteiger partial charge < -0.3 is 14.9 Å². The van der Waals surface area contributed by atoms with Crippen molar-refractivity contribution in [1.82, 2.24) is 0 Å². The van der Waals surface area contributed by atoms with Crippen LogP contribution in [0, 0.1) is 0 Å². The van der Waals surface area contributed by atoms with E-state index in [1.807, 2.05) is 19.9 Å². The molecule has 3 heteroatoms. The van der Waals surface area contributed by atoms with E-state index in [0.717, 1.165) is 12.0 Å². The van der Waals surface area contributed by atoms with E-state index in [1.54, 1.807) is 12.5 Å². The van der Waals surface area contributed by atoms with Crippen molar-refractivity contribution in [1.29, 1.82) is 0 Å². The molecular weight excluding hydrogens is 178 g/mol. The highest BCUT2D eigenvalue weighted by atomic mass is 16.5. The third-order valence-corrected chi connectivity index (χ3v) is 2.74. The van der Waals surface area contributed by atoms with Crippen molar-refractivity contribution in [2.45, 2.75) is 38.8 Å². The second-order valence-electron chi connectivity index (χ2n) is 3.63. The predicted molar refractivity (Wildman–Crippen MR) is 56.0 cm³/mol. The second kappa shape index (κ2) is 4.62. The molecule has 0 radical (unpaired) electrons. The lowest BCUT2D eigenvalue weighted by atomic mass is 9.90. The molecule has 0 fully saturated rings. The zero-order valence-corrected chi connectivity index (χ0v) is 9.12. The first kappa shape index (κ1) is 11.3. The Balaban J connectivity index is 2.79. The molecule has 0 aromatic carbocycles. The molecule has 0 aliphatic heterocycles. The Kier molecular flexibility index (Phi) is 3.72. The number of furan rings is 1. The van der Waals surface area contributed by atoms with Gasteiger partial charge in [0, 0.05) is 12.2 Å². The summed E-state index contributed by atoms with van der Waals surface area (Å²) in [4.78, 5) is 0. The number of nitrogens with two attached hydrogens (primary N) is 1. The Labute approximate surface area is 85.2 Å².